The average molecular weight is 431 g/mol. The molecule has 4 rings (SSSR count). The third-order valence-corrected chi connectivity index (χ3v) is 6.83. The fourth-order valence-corrected chi connectivity index (χ4v) is 5.00. The lowest BCUT2D eigenvalue weighted by molar-refractivity contribution is -0.139. The van der Waals surface area contributed by atoms with Crippen LogP contribution in [0.25, 0.3) is 10.8 Å². The Labute approximate surface area is 177 Å². The molecule has 0 bridgehead atoms. The van der Waals surface area contributed by atoms with Crippen LogP contribution in [-0.4, -0.2) is 45.2 Å². The number of ether oxygens (including phenoxy) is 1. The molecule has 1 atom stereocenters. The molecular weight excluding hydrogens is 408 g/mol. The topological polar surface area (TPSA) is 75.8 Å². The fraction of sp³-hybridized carbons (Fsp3) is 0.333. The maximum Gasteiger partial charge on any atom is 0.331 e. The van der Waals surface area contributed by atoms with Gasteiger partial charge in [0, 0.05) is 25.3 Å². The van der Waals surface area contributed by atoms with E-state index in [1.54, 1.807) is 11.3 Å². The Hall–Kier alpha value is -2.29. The Balaban J connectivity index is 1.29. The molecule has 0 saturated carbocycles. The van der Waals surface area contributed by atoms with Crippen LogP contribution in [0.5, 0.6) is 5.75 Å². The van der Waals surface area contributed by atoms with Crippen molar-refractivity contribution < 1.29 is 19.1 Å². The summed E-state index contributed by atoms with van der Waals surface area (Å²) >= 11 is 3.09. The number of aliphatic carboxylic acids is 1. The monoisotopic (exact) mass is 430 g/mol. The summed E-state index contributed by atoms with van der Waals surface area (Å²) < 4.78 is 11.6. The largest absolute Gasteiger partial charge is 0.493 e. The van der Waals surface area contributed by atoms with Crippen molar-refractivity contribution in [3.63, 3.8) is 0 Å². The second-order valence-corrected chi connectivity index (χ2v) is 8.91. The van der Waals surface area contributed by atoms with Crippen LogP contribution in [0.15, 0.2) is 46.2 Å². The predicted octanol–water partition coefficient (Wildman–Crippen LogP) is 4.29. The number of oxazole rings is 1. The minimum Gasteiger partial charge on any atom is -0.493 e. The number of thioether (sulfide) groups is 1. The van der Waals surface area contributed by atoms with Gasteiger partial charge in [-0.15, -0.1) is 23.1 Å². The van der Waals surface area contributed by atoms with Crippen LogP contribution in [0, 0.1) is 6.92 Å². The lowest BCUT2D eigenvalue weighted by Crippen LogP contribution is -2.33. The number of hydrogen-bond donors (Lipinski definition) is 1. The number of aromatic nitrogens is 1. The molecule has 1 aromatic carbocycles. The molecule has 3 heterocycles. The van der Waals surface area contributed by atoms with Crippen molar-refractivity contribution in [2.75, 3.05) is 18.9 Å². The van der Waals surface area contributed by atoms with Crippen molar-refractivity contribution in [2.45, 2.75) is 25.3 Å². The van der Waals surface area contributed by atoms with Crippen LogP contribution < -0.4 is 4.74 Å². The van der Waals surface area contributed by atoms with E-state index in [1.807, 2.05) is 53.6 Å². The number of rotatable bonds is 8. The van der Waals surface area contributed by atoms with Crippen LogP contribution in [0.2, 0.25) is 0 Å². The molecule has 2 aromatic heterocycles. The molecule has 0 amide bonds. The zero-order chi connectivity index (χ0) is 20.2. The molecule has 1 fully saturated rings. The van der Waals surface area contributed by atoms with E-state index >= 15 is 0 Å². The van der Waals surface area contributed by atoms with Gasteiger partial charge in [-0.25, -0.2) is 9.78 Å². The third kappa shape index (κ3) is 4.83. The molecule has 1 N–H and O–H groups in total. The summed E-state index contributed by atoms with van der Waals surface area (Å²) in [7, 11) is 0. The number of carboxylic acid groups (broad SMARTS) is 1. The second-order valence-electron chi connectivity index (χ2n) is 6.77. The van der Waals surface area contributed by atoms with Crippen LogP contribution in [-0.2, 0) is 17.8 Å². The summed E-state index contributed by atoms with van der Waals surface area (Å²) in [5.74, 6) is 2.37. The van der Waals surface area contributed by atoms with Gasteiger partial charge in [-0.2, -0.15) is 0 Å². The van der Waals surface area contributed by atoms with E-state index in [0.717, 1.165) is 39.9 Å². The number of nitrogens with zero attached hydrogens (tertiary/aromatic N) is 2. The Morgan fingerprint density at radius 1 is 1.34 bits per heavy atom. The molecule has 1 aliphatic heterocycles. The van der Waals surface area contributed by atoms with Crippen molar-refractivity contribution in [1.29, 1.82) is 0 Å². The summed E-state index contributed by atoms with van der Waals surface area (Å²) in [5.41, 5.74) is 2.00. The highest BCUT2D eigenvalue weighted by molar-refractivity contribution is 8.00. The maximum absolute atomic E-state index is 11.3. The van der Waals surface area contributed by atoms with E-state index in [4.69, 9.17) is 9.15 Å². The summed E-state index contributed by atoms with van der Waals surface area (Å²) in [4.78, 5) is 18.9. The lowest BCUT2D eigenvalue weighted by atomic mass is 10.2. The molecule has 152 valence electrons. The fourth-order valence-electron chi connectivity index (χ4n) is 3.25. The van der Waals surface area contributed by atoms with Gasteiger partial charge < -0.3 is 14.3 Å². The normalized spacial score (nSPS) is 16.9. The molecule has 1 saturated heterocycles. The smallest absolute Gasteiger partial charge is 0.331 e. The molecule has 0 aliphatic carbocycles. The summed E-state index contributed by atoms with van der Waals surface area (Å²) in [6.07, 6.45) is 0.674. The minimum absolute atomic E-state index is 0.448. The van der Waals surface area contributed by atoms with Gasteiger partial charge in [-0.1, -0.05) is 18.2 Å². The van der Waals surface area contributed by atoms with Crippen molar-refractivity contribution in [2.24, 2.45) is 0 Å². The Bertz CT molecular complexity index is 954. The molecule has 29 heavy (non-hydrogen) atoms. The summed E-state index contributed by atoms with van der Waals surface area (Å²) in [6.45, 7) is 3.87. The Kier molecular flexibility index (Phi) is 6.22. The molecular formula is C21H22N2O4S2. The van der Waals surface area contributed by atoms with Crippen molar-refractivity contribution in [3.05, 3.63) is 58.8 Å². The summed E-state index contributed by atoms with van der Waals surface area (Å²) in [5, 5.41) is 10.8. The van der Waals surface area contributed by atoms with Crippen molar-refractivity contribution >= 4 is 29.1 Å². The van der Waals surface area contributed by atoms with Gasteiger partial charge in [-0.3, -0.25) is 4.90 Å². The molecule has 0 radical (unpaired) electrons. The van der Waals surface area contributed by atoms with Crippen molar-refractivity contribution in [1.82, 2.24) is 9.88 Å². The first-order chi connectivity index (χ1) is 14.1. The molecule has 8 heteroatoms. The first kappa shape index (κ1) is 20.0. The maximum atomic E-state index is 11.3. The lowest BCUT2D eigenvalue weighted by Gasteiger charge is -2.20. The summed E-state index contributed by atoms with van der Waals surface area (Å²) in [6, 6.07) is 11.8. The number of carbonyl (C=O) groups is 1. The number of thiophene rings is 1. The van der Waals surface area contributed by atoms with Crippen LogP contribution in [0.3, 0.4) is 0 Å². The van der Waals surface area contributed by atoms with Gasteiger partial charge in [0.05, 0.1) is 17.2 Å². The van der Waals surface area contributed by atoms with Gasteiger partial charge in [-0.05, 0) is 36.1 Å². The van der Waals surface area contributed by atoms with Gasteiger partial charge in [0.25, 0.3) is 0 Å². The van der Waals surface area contributed by atoms with E-state index < -0.39 is 11.3 Å². The van der Waals surface area contributed by atoms with Gasteiger partial charge in [0.15, 0.2) is 5.37 Å². The highest BCUT2D eigenvalue weighted by Crippen LogP contribution is 2.27. The number of benzene rings is 1. The first-order valence-corrected chi connectivity index (χ1v) is 11.3. The van der Waals surface area contributed by atoms with Gasteiger partial charge in [0.2, 0.25) is 5.89 Å². The van der Waals surface area contributed by atoms with Gasteiger partial charge >= 0.3 is 5.97 Å². The molecule has 0 spiro atoms. The first-order valence-electron chi connectivity index (χ1n) is 9.40. The third-order valence-electron chi connectivity index (χ3n) is 4.74. The molecule has 1 unspecified atom stereocenters. The van der Waals surface area contributed by atoms with Crippen LogP contribution in [0.1, 0.15) is 17.0 Å². The molecule has 6 nitrogen and oxygen atoms in total. The SMILES string of the molecule is Cc1oc(-c2cccs2)nc1CCOc1ccc(CN2CCSC2C(=O)O)cc1. The Morgan fingerprint density at radius 2 is 2.17 bits per heavy atom. The number of aryl methyl sites for hydroxylation is 1. The molecule has 3 aromatic rings. The highest BCUT2D eigenvalue weighted by atomic mass is 32.2. The van der Waals surface area contributed by atoms with E-state index in [-0.39, 0.29) is 0 Å². The Morgan fingerprint density at radius 3 is 2.90 bits per heavy atom. The quantitative estimate of drug-likeness (QED) is 0.571. The van der Waals surface area contributed by atoms with E-state index in [2.05, 4.69) is 4.98 Å². The van der Waals surface area contributed by atoms with E-state index in [1.165, 1.54) is 11.8 Å². The standard InChI is InChI=1S/C21H22N2O4S2/c1-14-17(22-19(27-14)18-3-2-11-28-18)8-10-26-16-6-4-15(5-7-16)13-23-9-12-29-20(23)21(24)25/h2-7,11,20H,8-10,12-13H2,1H3,(H,24,25). The number of carboxylic acids is 1. The van der Waals surface area contributed by atoms with E-state index in [0.29, 0.717) is 25.5 Å². The van der Waals surface area contributed by atoms with Crippen LogP contribution >= 0.6 is 23.1 Å². The zero-order valence-electron chi connectivity index (χ0n) is 16.0. The predicted molar refractivity (Wildman–Crippen MR) is 114 cm³/mol. The van der Waals surface area contributed by atoms with E-state index in [9.17, 15) is 9.90 Å². The average Bonchev–Trinajstić information content (AvgIpc) is 3.45. The van der Waals surface area contributed by atoms with Crippen LogP contribution in [0.4, 0.5) is 0 Å². The van der Waals surface area contributed by atoms with Gasteiger partial charge in [0.1, 0.15) is 11.5 Å². The van der Waals surface area contributed by atoms with Crippen molar-refractivity contribution in [3.8, 4) is 16.5 Å². The molecule has 1 aliphatic rings. The minimum atomic E-state index is -0.766. The zero-order valence-corrected chi connectivity index (χ0v) is 17.7. The highest BCUT2D eigenvalue weighted by Gasteiger charge is 2.30. The number of hydrogen-bond acceptors (Lipinski definition) is 7. The second kappa shape index (κ2) is 9.02.